The van der Waals surface area contributed by atoms with Crippen LogP contribution in [0.3, 0.4) is 0 Å². The Morgan fingerprint density at radius 3 is 2.45 bits per heavy atom. The smallest absolute Gasteiger partial charge is 0.122 e. The predicted octanol–water partition coefficient (Wildman–Crippen LogP) is 5.08. The summed E-state index contributed by atoms with van der Waals surface area (Å²) in [5.41, 5.74) is 4.75. The van der Waals surface area contributed by atoms with Crippen molar-refractivity contribution in [2.45, 2.75) is 39.5 Å². The third kappa shape index (κ3) is 4.11. The number of ether oxygens (including phenoxy) is 1. The maximum Gasteiger partial charge on any atom is 0.122 e. The Morgan fingerprint density at radius 2 is 1.77 bits per heavy atom. The van der Waals surface area contributed by atoms with Crippen molar-refractivity contribution in [1.29, 1.82) is 5.26 Å². The first-order valence-corrected chi connectivity index (χ1v) is 7.77. The average Bonchev–Trinajstić information content (AvgIpc) is 2.52. The van der Waals surface area contributed by atoms with Crippen LogP contribution in [0.15, 0.2) is 42.5 Å². The van der Waals surface area contributed by atoms with Gasteiger partial charge in [-0.15, -0.1) is 0 Å². The van der Waals surface area contributed by atoms with Crippen LogP contribution in [0.1, 0.15) is 41.0 Å². The molecule has 22 heavy (non-hydrogen) atoms. The number of aryl methyl sites for hydroxylation is 2. The van der Waals surface area contributed by atoms with E-state index in [-0.39, 0.29) is 5.92 Å². The minimum Gasteiger partial charge on any atom is -0.493 e. The summed E-state index contributed by atoms with van der Waals surface area (Å²) in [6.45, 7) is 6.87. The third-order valence-corrected chi connectivity index (χ3v) is 4.09. The second-order valence-corrected chi connectivity index (χ2v) is 5.78. The summed E-state index contributed by atoms with van der Waals surface area (Å²) in [6.07, 6.45) is 1.70. The molecule has 0 fully saturated rings. The van der Waals surface area contributed by atoms with E-state index in [0.717, 1.165) is 24.2 Å². The maximum atomic E-state index is 9.35. The van der Waals surface area contributed by atoms with Crippen LogP contribution in [0, 0.1) is 32.1 Å². The van der Waals surface area contributed by atoms with Crippen LogP contribution in [0.25, 0.3) is 0 Å². The van der Waals surface area contributed by atoms with Crippen molar-refractivity contribution in [3.05, 3.63) is 64.7 Å². The second-order valence-electron chi connectivity index (χ2n) is 5.78. The molecule has 0 amide bonds. The number of benzene rings is 2. The van der Waals surface area contributed by atoms with Crippen LogP contribution in [0.5, 0.6) is 5.75 Å². The first-order valence-electron chi connectivity index (χ1n) is 7.77. The van der Waals surface area contributed by atoms with Crippen LogP contribution < -0.4 is 4.74 Å². The van der Waals surface area contributed by atoms with Crippen molar-refractivity contribution >= 4 is 0 Å². The molecule has 1 unspecified atom stereocenters. The largest absolute Gasteiger partial charge is 0.493 e. The molecule has 2 aromatic carbocycles. The maximum absolute atomic E-state index is 9.35. The highest BCUT2D eigenvalue weighted by Crippen LogP contribution is 2.23. The Balaban J connectivity index is 1.86. The quantitative estimate of drug-likeness (QED) is 0.696. The van der Waals surface area contributed by atoms with Gasteiger partial charge >= 0.3 is 0 Å². The molecule has 0 spiro atoms. The molecule has 2 aromatic rings. The summed E-state index contributed by atoms with van der Waals surface area (Å²) >= 11 is 0. The van der Waals surface area contributed by atoms with Crippen LogP contribution >= 0.6 is 0 Å². The highest BCUT2D eigenvalue weighted by atomic mass is 16.5. The van der Waals surface area contributed by atoms with Crippen molar-refractivity contribution in [2.24, 2.45) is 0 Å². The first-order chi connectivity index (χ1) is 10.6. The number of nitrogens with zero attached hydrogens (tertiary/aromatic N) is 1. The Labute approximate surface area is 133 Å². The summed E-state index contributed by atoms with van der Waals surface area (Å²) in [7, 11) is 0. The van der Waals surface area contributed by atoms with Crippen molar-refractivity contribution in [3.63, 3.8) is 0 Å². The van der Waals surface area contributed by atoms with E-state index in [9.17, 15) is 5.26 Å². The third-order valence-electron chi connectivity index (χ3n) is 4.09. The van der Waals surface area contributed by atoms with Crippen molar-refractivity contribution < 1.29 is 4.74 Å². The van der Waals surface area contributed by atoms with Crippen molar-refractivity contribution in [1.82, 2.24) is 0 Å². The Kier molecular flexibility index (Phi) is 5.61. The Morgan fingerprint density at radius 1 is 1.05 bits per heavy atom. The van der Waals surface area contributed by atoms with Crippen molar-refractivity contribution in [3.8, 4) is 11.8 Å². The van der Waals surface area contributed by atoms with Crippen LogP contribution in [-0.2, 0) is 0 Å². The number of nitriles is 1. The molecule has 2 heteroatoms. The van der Waals surface area contributed by atoms with E-state index in [1.807, 2.05) is 12.1 Å². The molecule has 0 bridgehead atoms. The fourth-order valence-corrected chi connectivity index (χ4v) is 2.45. The zero-order chi connectivity index (χ0) is 15.9. The molecule has 2 nitrogen and oxygen atoms in total. The molecule has 0 saturated heterocycles. The molecule has 0 radical (unpaired) electrons. The fraction of sp³-hybridized carbons (Fsp3) is 0.350. The standard InChI is InChI=1S/C20H23NO/c1-15-9-11-18(12-10-15)19(14-21)7-5-13-22-20-8-4-6-16(2)17(20)3/h4,6,8-12,19H,5,7,13H2,1-3H3. The van der Waals surface area contributed by atoms with Crippen LogP contribution in [0.4, 0.5) is 0 Å². The van der Waals surface area contributed by atoms with E-state index < -0.39 is 0 Å². The Bertz CT molecular complexity index is 652. The van der Waals surface area contributed by atoms with Gasteiger partial charge in [-0.05, 0) is 56.4 Å². The molecule has 0 N–H and O–H groups in total. The minimum absolute atomic E-state index is 0.0530. The molecule has 114 valence electrons. The van der Waals surface area contributed by atoms with Gasteiger partial charge < -0.3 is 4.74 Å². The van der Waals surface area contributed by atoms with Gasteiger partial charge in [0.2, 0.25) is 0 Å². The van der Waals surface area contributed by atoms with Crippen molar-refractivity contribution in [2.75, 3.05) is 6.61 Å². The molecule has 0 heterocycles. The fourth-order valence-electron chi connectivity index (χ4n) is 2.45. The lowest BCUT2D eigenvalue weighted by Crippen LogP contribution is -2.03. The summed E-state index contributed by atoms with van der Waals surface area (Å²) < 4.78 is 5.86. The molecule has 0 saturated carbocycles. The lowest BCUT2D eigenvalue weighted by molar-refractivity contribution is 0.303. The van der Waals surface area contributed by atoms with Gasteiger partial charge in [-0.2, -0.15) is 5.26 Å². The van der Waals surface area contributed by atoms with Gasteiger partial charge in [-0.3, -0.25) is 0 Å². The highest BCUT2D eigenvalue weighted by molar-refractivity contribution is 5.38. The van der Waals surface area contributed by atoms with Gasteiger partial charge in [0.25, 0.3) is 0 Å². The minimum atomic E-state index is -0.0530. The number of rotatable bonds is 6. The summed E-state index contributed by atoms with van der Waals surface area (Å²) in [4.78, 5) is 0. The van der Waals surface area contributed by atoms with Gasteiger partial charge in [-0.25, -0.2) is 0 Å². The molecule has 2 rings (SSSR count). The molecule has 1 atom stereocenters. The Hall–Kier alpha value is -2.27. The molecule has 0 aromatic heterocycles. The van der Waals surface area contributed by atoms with E-state index in [1.165, 1.54) is 16.7 Å². The van der Waals surface area contributed by atoms with E-state index in [4.69, 9.17) is 4.74 Å². The summed E-state index contributed by atoms with van der Waals surface area (Å²) in [5, 5.41) is 9.35. The average molecular weight is 293 g/mol. The van der Waals surface area contributed by atoms with Gasteiger partial charge in [0.05, 0.1) is 18.6 Å². The molecule has 0 aliphatic heterocycles. The summed E-state index contributed by atoms with van der Waals surface area (Å²) in [5.74, 6) is 0.895. The van der Waals surface area contributed by atoms with E-state index >= 15 is 0 Å². The summed E-state index contributed by atoms with van der Waals surface area (Å²) in [6, 6.07) is 16.7. The SMILES string of the molecule is Cc1ccc(C(C#N)CCCOc2cccc(C)c2C)cc1. The molecule has 0 aliphatic rings. The lowest BCUT2D eigenvalue weighted by atomic mass is 9.95. The lowest BCUT2D eigenvalue weighted by Gasteiger charge is -2.12. The topological polar surface area (TPSA) is 33.0 Å². The molecular weight excluding hydrogens is 270 g/mol. The van der Waals surface area contributed by atoms with E-state index in [2.05, 4.69) is 57.2 Å². The molecule has 0 aliphatic carbocycles. The van der Waals surface area contributed by atoms with Gasteiger partial charge in [0.15, 0.2) is 0 Å². The van der Waals surface area contributed by atoms with Gasteiger partial charge in [0, 0.05) is 0 Å². The first kappa shape index (κ1) is 16.1. The zero-order valence-corrected chi connectivity index (χ0v) is 13.6. The molecular formula is C20H23NO. The van der Waals surface area contributed by atoms with Crippen LogP contribution in [0.2, 0.25) is 0 Å². The predicted molar refractivity (Wildman–Crippen MR) is 90.2 cm³/mol. The number of hydrogen-bond donors (Lipinski definition) is 0. The second kappa shape index (κ2) is 7.66. The van der Waals surface area contributed by atoms with E-state index in [0.29, 0.717) is 6.61 Å². The monoisotopic (exact) mass is 293 g/mol. The van der Waals surface area contributed by atoms with Gasteiger partial charge in [0.1, 0.15) is 5.75 Å². The highest BCUT2D eigenvalue weighted by Gasteiger charge is 2.10. The zero-order valence-electron chi connectivity index (χ0n) is 13.6. The number of hydrogen-bond acceptors (Lipinski definition) is 2. The van der Waals surface area contributed by atoms with Crippen LogP contribution in [-0.4, -0.2) is 6.61 Å². The normalized spacial score (nSPS) is 11.7. The van der Waals surface area contributed by atoms with Gasteiger partial charge in [-0.1, -0.05) is 42.0 Å². The van der Waals surface area contributed by atoms with E-state index in [1.54, 1.807) is 0 Å².